The Labute approximate surface area is 175 Å². The van der Waals surface area contributed by atoms with Gasteiger partial charge in [-0.05, 0) is 39.4 Å². The molecular formula is C21H28N2O5S. The second kappa shape index (κ2) is 10.3. The minimum Gasteiger partial charge on any atom is -0.493 e. The van der Waals surface area contributed by atoms with Crippen LogP contribution in [0.4, 0.5) is 5.00 Å². The highest BCUT2D eigenvalue weighted by molar-refractivity contribution is 7.16. The number of benzene rings is 1. The summed E-state index contributed by atoms with van der Waals surface area (Å²) in [6, 6.07) is 5.64. The van der Waals surface area contributed by atoms with E-state index in [1.807, 2.05) is 44.0 Å². The lowest BCUT2D eigenvalue weighted by atomic mass is 10.1. The second-order valence-electron chi connectivity index (χ2n) is 6.58. The number of nitrogens with one attached hydrogen (secondary N) is 1. The van der Waals surface area contributed by atoms with Crippen molar-refractivity contribution in [2.75, 3.05) is 39.7 Å². The molecule has 0 radical (unpaired) electrons. The van der Waals surface area contributed by atoms with Crippen LogP contribution in [0, 0.1) is 13.8 Å². The number of methoxy groups -OCH3 is 2. The maximum atomic E-state index is 12.6. The van der Waals surface area contributed by atoms with E-state index in [2.05, 4.69) is 5.32 Å². The molecule has 1 aromatic heterocycles. The molecule has 0 unspecified atom stereocenters. The van der Waals surface area contributed by atoms with Crippen LogP contribution in [0.15, 0.2) is 18.2 Å². The molecule has 0 aliphatic carbocycles. The molecule has 0 aliphatic rings. The summed E-state index contributed by atoms with van der Waals surface area (Å²) >= 11 is 1.38. The van der Waals surface area contributed by atoms with Gasteiger partial charge in [0, 0.05) is 17.0 Å². The van der Waals surface area contributed by atoms with E-state index < -0.39 is 5.97 Å². The number of para-hydroxylation sites is 1. The lowest BCUT2D eigenvalue weighted by molar-refractivity contribution is -0.117. The maximum absolute atomic E-state index is 12.6. The van der Waals surface area contributed by atoms with Crippen LogP contribution in [-0.2, 0) is 16.1 Å². The van der Waals surface area contributed by atoms with Gasteiger partial charge >= 0.3 is 5.97 Å². The molecule has 2 aromatic rings. The molecule has 1 N–H and O–H groups in total. The fourth-order valence-electron chi connectivity index (χ4n) is 3.00. The Morgan fingerprint density at radius 2 is 1.90 bits per heavy atom. The summed E-state index contributed by atoms with van der Waals surface area (Å²) < 4.78 is 15.9. The van der Waals surface area contributed by atoms with Gasteiger partial charge in [0.15, 0.2) is 11.5 Å². The Morgan fingerprint density at radius 1 is 1.17 bits per heavy atom. The van der Waals surface area contributed by atoms with E-state index in [-0.39, 0.29) is 19.1 Å². The van der Waals surface area contributed by atoms with Crippen molar-refractivity contribution in [2.24, 2.45) is 0 Å². The molecule has 0 aliphatic heterocycles. The molecule has 1 amide bonds. The highest BCUT2D eigenvalue weighted by Gasteiger charge is 2.22. The Bertz CT molecular complexity index is 878. The van der Waals surface area contributed by atoms with E-state index >= 15 is 0 Å². The number of rotatable bonds is 9. The van der Waals surface area contributed by atoms with Gasteiger partial charge in [0.1, 0.15) is 5.00 Å². The molecule has 29 heavy (non-hydrogen) atoms. The molecule has 0 fully saturated rings. The molecule has 2 rings (SSSR count). The lowest BCUT2D eigenvalue weighted by Gasteiger charge is -2.19. The van der Waals surface area contributed by atoms with Crippen LogP contribution in [0.25, 0.3) is 0 Å². The topological polar surface area (TPSA) is 77.1 Å². The molecular weight excluding hydrogens is 392 g/mol. The third kappa shape index (κ3) is 5.48. The van der Waals surface area contributed by atoms with Crippen molar-refractivity contribution >= 4 is 28.2 Å². The van der Waals surface area contributed by atoms with Gasteiger partial charge in [-0.3, -0.25) is 9.69 Å². The monoisotopic (exact) mass is 420 g/mol. The van der Waals surface area contributed by atoms with Crippen molar-refractivity contribution in [1.29, 1.82) is 0 Å². The highest BCUT2D eigenvalue weighted by atomic mass is 32.1. The third-order valence-electron chi connectivity index (χ3n) is 4.46. The summed E-state index contributed by atoms with van der Waals surface area (Å²) in [5.74, 6) is 0.670. The Balaban J connectivity index is 2.09. The smallest absolute Gasteiger partial charge is 0.341 e. The maximum Gasteiger partial charge on any atom is 0.341 e. The second-order valence-corrected chi connectivity index (χ2v) is 7.81. The minimum absolute atomic E-state index is 0.151. The molecule has 0 saturated heterocycles. The van der Waals surface area contributed by atoms with Crippen LogP contribution < -0.4 is 14.8 Å². The Kier molecular flexibility index (Phi) is 8.04. The molecule has 8 heteroatoms. The van der Waals surface area contributed by atoms with E-state index in [4.69, 9.17) is 14.2 Å². The standard InChI is InChI=1S/C21H28N2O5S/c1-7-28-21(25)18-13(2)14(3)29-20(18)22-17(24)12-23(4)11-15-9-8-10-16(26-5)19(15)27-6/h8-10H,7,11-12H2,1-6H3,(H,22,24). The number of carbonyl (C=O) groups is 2. The fraction of sp³-hybridized carbons (Fsp3) is 0.429. The van der Waals surface area contributed by atoms with Crippen molar-refractivity contribution < 1.29 is 23.8 Å². The average molecular weight is 421 g/mol. The fourth-order valence-corrected chi connectivity index (χ4v) is 4.06. The van der Waals surface area contributed by atoms with Crippen molar-refractivity contribution in [1.82, 2.24) is 4.90 Å². The van der Waals surface area contributed by atoms with Gasteiger partial charge in [0.25, 0.3) is 0 Å². The van der Waals surface area contributed by atoms with E-state index in [1.165, 1.54) is 11.3 Å². The summed E-state index contributed by atoms with van der Waals surface area (Å²) in [6.45, 7) is 6.46. The predicted molar refractivity (Wildman–Crippen MR) is 114 cm³/mol. The van der Waals surface area contributed by atoms with Gasteiger partial charge < -0.3 is 19.5 Å². The molecule has 0 saturated carbocycles. The van der Waals surface area contributed by atoms with Gasteiger partial charge in [-0.2, -0.15) is 0 Å². The molecule has 158 valence electrons. The van der Waals surface area contributed by atoms with Crippen LogP contribution in [0.2, 0.25) is 0 Å². The van der Waals surface area contributed by atoms with Crippen LogP contribution in [0.3, 0.4) is 0 Å². The quantitative estimate of drug-likeness (QED) is 0.624. The minimum atomic E-state index is -0.417. The summed E-state index contributed by atoms with van der Waals surface area (Å²) in [6.07, 6.45) is 0. The summed E-state index contributed by atoms with van der Waals surface area (Å²) in [7, 11) is 5.02. The van der Waals surface area contributed by atoms with Gasteiger partial charge in [-0.15, -0.1) is 11.3 Å². The molecule has 0 spiro atoms. The van der Waals surface area contributed by atoms with Crippen molar-refractivity contribution in [3.63, 3.8) is 0 Å². The first kappa shape index (κ1) is 22.7. The number of amides is 1. The van der Waals surface area contributed by atoms with Crippen LogP contribution >= 0.6 is 11.3 Å². The van der Waals surface area contributed by atoms with Gasteiger partial charge in [0.2, 0.25) is 5.91 Å². The van der Waals surface area contributed by atoms with Crippen molar-refractivity contribution in [2.45, 2.75) is 27.3 Å². The summed E-state index contributed by atoms with van der Waals surface area (Å²) in [5.41, 5.74) is 2.18. The summed E-state index contributed by atoms with van der Waals surface area (Å²) in [4.78, 5) is 27.7. The molecule has 0 atom stereocenters. The number of esters is 1. The number of likely N-dealkylation sites (N-methyl/N-ethyl adjacent to an activating group) is 1. The highest BCUT2D eigenvalue weighted by Crippen LogP contribution is 2.33. The van der Waals surface area contributed by atoms with Gasteiger partial charge in [0.05, 0.1) is 32.9 Å². The van der Waals surface area contributed by atoms with Crippen molar-refractivity contribution in [3.8, 4) is 11.5 Å². The number of nitrogens with zero attached hydrogens (tertiary/aromatic N) is 1. The molecule has 0 bridgehead atoms. The number of ether oxygens (including phenoxy) is 3. The van der Waals surface area contributed by atoms with Crippen LogP contribution in [-0.4, -0.2) is 51.2 Å². The first-order chi connectivity index (χ1) is 13.8. The van der Waals surface area contributed by atoms with Gasteiger partial charge in [-0.25, -0.2) is 4.79 Å². The Hall–Kier alpha value is -2.58. The normalized spacial score (nSPS) is 10.7. The zero-order valence-electron chi connectivity index (χ0n) is 17.8. The average Bonchev–Trinajstić information content (AvgIpc) is 2.94. The number of hydrogen-bond donors (Lipinski definition) is 1. The van der Waals surface area contributed by atoms with Crippen LogP contribution in [0.5, 0.6) is 11.5 Å². The number of carbonyl (C=O) groups excluding carboxylic acids is 2. The van der Waals surface area contributed by atoms with Gasteiger partial charge in [-0.1, -0.05) is 12.1 Å². The number of hydrogen-bond acceptors (Lipinski definition) is 7. The largest absolute Gasteiger partial charge is 0.493 e. The molecule has 7 nitrogen and oxygen atoms in total. The van der Waals surface area contributed by atoms with E-state index in [9.17, 15) is 9.59 Å². The van der Waals surface area contributed by atoms with E-state index in [1.54, 1.807) is 21.1 Å². The lowest BCUT2D eigenvalue weighted by Crippen LogP contribution is -2.30. The van der Waals surface area contributed by atoms with E-state index in [0.29, 0.717) is 28.6 Å². The SMILES string of the molecule is CCOC(=O)c1c(NC(=O)CN(C)Cc2cccc(OC)c2OC)sc(C)c1C. The van der Waals surface area contributed by atoms with Crippen molar-refractivity contribution in [3.05, 3.63) is 39.8 Å². The summed E-state index contributed by atoms with van der Waals surface area (Å²) in [5, 5.41) is 3.38. The predicted octanol–water partition coefficient (Wildman–Crippen LogP) is 3.63. The zero-order valence-corrected chi connectivity index (χ0v) is 18.6. The first-order valence-electron chi connectivity index (χ1n) is 9.27. The molecule has 1 aromatic carbocycles. The number of anilines is 1. The first-order valence-corrected chi connectivity index (χ1v) is 10.1. The number of thiophene rings is 1. The molecule has 1 heterocycles. The zero-order chi connectivity index (χ0) is 21.6. The van der Waals surface area contributed by atoms with E-state index in [0.717, 1.165) is 16.0 Å². The van der Waals surface area contributed by atoms with Crippen LogP contribution in [0.1, 0.15) is 33.3 Å². The Morgan fingerprint density at radius 3 is 2.52 bits per heavy atom. The third-order valence-corrected chi connectivity index (χ3v) is 5.58. The number of aryl methyl sites for hydroxylation is 1.